The molecule has 0 fully saturated rings. The zero-order valence-corrected chi connectivity index (χ0v) is 34.8. The Morgan fingerprint density at radius 2 is 0.836 bits per heavy atom. The third-order valence-corrected chi connectivity index (χ3v) is 10.2. The number of carbonyl (C=O) groups excluding carboxylic acids is 3. The molecule has 0 aromatic heterocycles. The Morgan fingerprint density at radius 1 is 0.455 bits per heavy atom. The predicted octanol–water partition coefficient (Wildman–Crippen LogP) is 14.1. The zero-order valence-electron chi connectivity index (χ0n) is 34.8. The second-order valence-corrected chi connectivity index (χ2v) is 15.3. The Morgan fingerprint density at radius 3 is 1.25 bits per heavy atom. The van der Waals surface area contributed by atoms with Crippen LogP contribution in [0.25, 0.3) is 0 Å². The molecule has 2 aromatic rings. The summed E-state index contributed by atoms with van der Waals surface area (Å²) in [7, 11) is 0. The van der Waals surface area contributed by atoms with E-state index in [1.165, 1.54) is 128 Å². The smallest absolute Gasteiger partial charge is 0.338 e. The molecule has 0 N–H and O–H groups in total. The van der Waals surface area contributed by atoms with Gasteiger partial charge in [-0.3, -0.25) is 9.59 Å². The van der Waals surface area contributed by atoms with Crippen LogP contribution in [-0.2, 0) is 23.8 Å². The van der Waals surface area contributed by atoms with Gasteiger partial charge in [0.15, 0.2) is 6.10 Å². The monoisotopic (exact) mass is 765 g/mol. The van der Waals surface area contributed by atoms with Crippen molar-refractivity contribution in [2.45, 2.75) is 200 Å². The average Bonchev–Trinajstić information content (AvgIpc) is 3.19. The number of hydrogen-bond acceptors (Lipinski definition) is 7. The van der Waals surface area contributed by atoms with Gasteiger partial charge in [0.25, 0.3) is 0 Å². The van der Waals surface area contributed by atoms with Crippen LogP contribution in [0.15, 0.2) is 54.6 Å². The van der Waals surface area contributed by atoms with Crippen molar-refractivity contribution in [2.24, 2.45) is 0 Å². The molecule has 0 aliphatic rings. The van der Waals surface area contributed by atoms with Crippen LogP contribution in [0.4, 0.5) is 0 Å². The Balaban J connectivity index is 1.71. The van der Waals surface area contributed by atoms with Gasteiger partial charge in [-0.15, -0.1) is 0 Å². The van der Waals surface area contributed by atoms with Crippen molar-refractivity contribution in [3.05, 3.63) is 60.2 Å². The van der Waals surface area contributed by atoms with Crippen molar-refractivity contribution in [3.63, 3.8) is 0 Å². The van der Waals surface area contributed by atoms with E-state index in [0.29, 0.717) is 24.3 Å². The fraction of sp³-hybridized carbons (Fsp3) is 0.688. The first-order valence-electron chi connectivity index (χ1n) is 22.4. The Hall–Kier alpha value is -3.35. The summed E-state index contributed by atoms with van der Waals surface area (Å²) in [4.78, 5) is 38.5. The highest BCUT2D eigenvalue weighted by Gasteiger charge is 2.21. The quantitative estimate of drug-likeness (QED) is 0.0388. The molecule has 0 aliphatic carbocycles. The molecule has 0 spiro atoms. The molecule has 0 saturated carbocycles. The molecule has 0 saturated heterocycles. The van der Waals surface area contributed by atoms with Gasteiger partial charge in [-0.2, -0.15) is 0 Å². The van der Waals surface area contributed by atoms with Crippen molar-refractivity contribution in [2.75, 3.05) is 13.2 Å². The maximum atomic E-state index is 13.2. The molecular weight excluding hydrogens is 689 g/mol. The van der Waals surface area contributed by atoms with Crippen molar-refractivity contribution in [1.82, 2.24) is 0 Å². The highest BCUT2D eigenvalue weighted by molar-refractivity contribution is 5.90. The van der Waals surface area contributed by atoms with E-state index in [1.807, 2.05) is 30.3 Å². The van der Waals surface area contributed by atoms with Crippen LogP contribution in [-0.4, -0.2) is 37.2 Å². The number of carbonyl (C=O) groups is 3. The van der Waals surface area contributed by atoms with E-state index in [0.717, 1.165) is 38.5 Å². The third kappa shape index (κ3) is 27.0. The number of esters is 3. The lowest BCUT2D eigenvalue weighted by Crippen LogP contribution is -2.31. The van der Waals surface area contributed by atoms with E-state index >= 15 is 0 Å². The van der Waals surface area contributed by atoms with E-state index in [9.17, 15) is 14.4 Å². The van der Waals surface area contributed by atoms with Crippen molar-refractivity contribution in [1.29, 1.82) is 0 Å². The molecule has 7 heteroatoms. The molecule has 2 aromatic carbocycles. The first-order valence-corrected chi connectivity index (χ1v) is 22.4. The number of hydrogen-bond donors (Lipinski definition) is 0. The van der Waals surface area contributed by atoms with Gasteiger partial charge in [0.05, 0.1) is 5.56 Å². The predicted molar refractivity (Wildman–Crippen MR) is 225 cm³/mol. The molecule has 0 radical (unpaired) electrons. The standard InChI is InChI=1S/C48H76O7/c1-3-5-7-9-11-13-15-17-19-21-23-25-30-37-46(49)52-40-45(55-48(51)42-33-32-36-44(39-42)54-43-34-28-27-29-35-43)41-53-47(50)38-31-26-24-22-20-18-16-14-12-10-8-6-4-2/h27-29,32-36,39,45H,3-26,30-31,37-38,40-41H2,1-2H3. The van der Waals surface area contributed by atoms with Crippen LogP contribution in [0.5, 0.6) is 11.5 Å². The van der Waals surface area contributed by atoms with E-state index < -0.39 is 12.1 Å². The van der Waals surface area contributed by atoms with Gasteiger partial charge in [0.1, 0.15) is 24.7 Å². The summed E-state index contributed by atoms with van der Waals surface area (Å²) < 4.78 is 22.7. The van der Waals surface area contributed by atoms with Crippen LogP contribution in [0.3, 0.4) is 0 Å². The fourth-order valence-corrected chi connectivity index (χ4v) is 6.74. The Labute approximate surface area is 335 Å². The second-order valence-electron chi connectivity index (χ2n) is 15.3. The molecule has 55 heavy (non-hydrogen) atoms. The molecular formula is C48H76O7. The molecule has 0 bridgehead atoms. The minimum atomic E-state index is -0.919. The number of unbranched alkanes of at least 4 members (excludes halogenated alkanes) is 24. The summed E-state index contributed by atoms with van der Waals surface area (Å²) in [6.07, 6.45) is 31.8. The van der Waals surface area contributed by atoms with Crippen molar-refractivity contribution in [3.8, 4) is 11.5 Å². The van der Waals surface area contributed by atoms with Crippen LogP contribution in [0.1, 0.15) is 204 Å². The van der Waals surface area contributed by atoms with Crippen LogP contribution in [0.2, 0.25) is 0 Å². The van der Waals surface area contributed by atoms with Gasteiger partial charge in [0.2, 0.25) is 0 Å². The lowest BCUT2D eigenvalue weighted by molar-refractivity contribution is -0.152. The maximum absolute atomic E-state index is 13.2. The zero-order chi connectivity index (χ0) is 39.4. The van der Waals surface area contributed by atoms with Gasteiger partial charge in [-0.1, -0.05) is 192 Å². The SMILES string of the molecule is CCCCCCCCCCCCCCCC(=O)OCC(COC(=O)CCCCCCCCCCCCCCC)OC(=O)c1cccc(Oc2ccccc2)c1. The Kier molecular flexibility index (Phi) is 29.5. The summed E-state index contributed by atoms with van der Waals surface area (Å²) in [5.41, 5.74) is 0.287. The van der Waals surface area contributed by atoms with E-state index in [1.54, 1.807) is 24.3 Å². The molecule has 7 nitrogen and oxygen atoms in total. The first-order chi connectivity index (χ1) is 27.0. The summed E-state index contributed by atoms with van der Waals surface area (Å²) in [6.45, 7) is 4.17. The number of para-hydroxylation sites is 1. The number of benzene rings is 2. The van der Waals surface area contributed by atoms with Crippen molar-refractivity contribution >= 4 is 17.9 Å². The summed E-state index contributed by atoms with van der Waals surface area (Å²) in [5, 5.41) is 0. The van der Waals surface area contributed by atoms with Crippen molar-refractivity contribution < 1.29 is 33.3 Å². The molecule has 0 amide bonds. The summed E-state index contributed by atoms with van der Waals surface area (Å²) in [6, 6.07) is 16.0. The highest BCUT2D eigenvalue weighted by Crippen LogP contribution is 2.23. The highest BCUT2D eigenvalue weighted by atomic mass is 16.6. The van der Waals surface area contributed by atoms with E-state index in [4.69, 9.17) is 18.9 Å². The molecule has 0 aliphatic heterocycles. The van der Waals surface area contributed by atoms with Crippen LogP contribution in [0, 0.1) is 0 Å². The lowest BCUT2D eigenvalue weighted by atomic mass is 10.0. The van der Waals surface area contributed by atoms with E-state index in [-0.39, 0.29) is 30.7 Å². The summed E-state index contributed by atoms with van der Waals surface area (Å²) >= 11 is 0. The topological polar surface area (TPSA) is 88.1 Å². The number of rotatable bonds is 36. The van der Waals surface area contributed by atoms with Gasteiger partial charge < -0.3 is 18.9 Å². The van der Waals surface area contributed by atoms with Gasteiger partial charge in [-0.25, -0.2) is 4.79 Å². The first kappa shape index (κ1) is 47.8. The van der Waals surface area contributed by atoms with Gasteiger partial charge in [-0.05, 0) is 43.2 Å². The van der Waals surface area contributed by atoms with E-state index in [2.05, 4.69) is 13.8 Å². The minimum absolute atomic E-state index is 0.171. The minimum Gasteiger partial charge on any atom is -0.462 e. The molecule has 2 rings (SSSR count). The third-order valence-electron chi connectivity index (χ3n) is 10.2. The maximum Gasteiger partial charge on any atom is 0.338 e. The number of ether oxygens (including phenoxy) is 4. The second kappa shape index (κ2) is 33.9. The lowest BCUT2D eigenvalue weighted by Gasteiger charge is -2.18. The van der Waals surface area contributed by atoms with Crippen LogP contribution < -0.4 is 4.74 Å². The summed E-state index contributed by atoms with van der Waals surface area (Å²) in [5.74, 6) is -0.132. The van der Waals surface area contributed by atoms with Gasteiger partial charge >= 0.3 is 17.9 Å². The molecule has 0 unspecified atom stereocenters. The molecule has 0 heterocycles. The average molecular weight is 765 g/mol. The largest absolute Gasteiger partial charge is 0.462 e. The molecule has 310 valence electrons. The fourth-order valence-electron chi connectivity index (χ4n) is 6.74. The Bertz CT molecular complexity index is 1180. The van der Waals surface area contributed by atoms with Gasteiger partial charge in [0, 0.05) is 12.8 Å². The van der Waals surface area contributed by atoms with Crippen LogP contribution >= 0.6 is 0 Å². The normalized spacial score (nSPS) is 11.1. The molecule has 0 atom stereocenters.